The smallest absolute Gasteiger partial charge is 0.255 e. The first-order chi connectivity index (χ1) is 15.3. The van der Waals surface area contributed by atoms with Crippen LogP contribution in [0, 0.1) is 0 Å². The highest BCUT2D eigenvalue weighted by Gasteiger charge is 2.33. The largest absolute Gasteiger partial charge is 0.489 e. The highest BCUT2D eigenvalue weighted by atomic mass is 32.2. The van der Waals surface area contributed by atoms with Gasteiger partial charge in [-0.3, -0.25) is 4.79 Å². The highest BCUT2D eigenvalue weighted by Crippen LogP contribution is 2.42. The SMILES string of the molecule is CCCCc1ccc(C(=O)N2CCSC2c2ccccc2OCc2ccccc2)cc1. The number of hydrogen-bond acceptors (Lipinski definition) is 3. The number of carbonyl (C=O) groups excluding carboxylic acids is 1. The van der Waals surface area contributed by atoms with E-state index in [-0.39, 0.29) is 11.3 Å². The summed E-state index contributed by atoms with van der Waals surface area (Å²) in [5, 5.41) is -0.0285. The summed E-state index contributed by atoms with van der Waals surface area (Å²) in [7, 11) is 0. The molecule has 1 fully saturated rings. The predicted molar refractivity (Wildman–Crippen MR) is 129 cm³/mol. The molecule has 1 aliphatic heterocycles. The summed E-state index contributed by atoms with van der Waals surface area (Å²) in [6.07, 6.45) is 3.43. The van der Waals surface area contributed by atoms with Crippen LogP contribution in [0.15, 0.2) is 78.9 Å². The zero-order valence-electron chi connectivity index (χ0n) is 18.0. The van der Waals surface area contributed by atoms with E-state index in [2.05, 4.69) is 37.3 Å². The van der Waals surface area contributed by atoms with Crippen molar-refractivity contribution in [3.63, 3.8) is 0 Å². The second-order valence-electron chi connectivity index (χ2n) is 7.83. The Bertz CT molecular complexity index is 988. The number of nitrogens with zero attached hydrogens (tertiary/aromatic N) is 1. The first-order valence-corrected chi connectivity index (χ1v) is 12.1. The summed E-state index contributed by atoms with van der Waals surface area (Å²) in [6, 6.07) is 26.4. The van der Waals surface area contributed by atoms with Crippen LogP contribution >= 0.6 is 11.8 Å². The monoisotopic (exact) mass is 431 g/mol. The summed E-state index contributed by atoms with van der Waals surface area (Å²) >= 11 is 1.80. The van der Waals surface area contributed by atoms with Gasteiger partial charge in [-0.05, 0) is 42.2 Å². The van der Waals surface area contributed by atoms with Crippen molar-refractivity contribution in [3.05, 3.63) is 101 Å². The summed E-state index contributed by atoms with van der Waals surface area (Å²) in [5.74, 6) is 1.87. The molecule has 1 heterocycles. The van der Waals surface area contributed by atoms with Gasteiger partial charge in [0.25, 0.3) is 5.91 Å². The molecule has 0 radical (unpaired) electrons. The molecule has 3 aromatic carbocycles. The van der Waals surface area contributed by atoms with Crippen LogP contribution < -0.4 is 4.74 Å². The Hall–Kier alpha value is -2.72. The first-order valence-electron chi connectivity index (χ1n) is 11.0. The number of thioether (sulfide) groups is 1. The van der Waals surface area contributed by atoms with Gasteiger partial charge in [0.1, 0.15) is 17.7 Å². The Morgan fingerprint density at radius 3 is 2.48 bits per heavy atom. The van der Waals surface area contributed by atoms with Crippen LogP contribution in [0.2, 0.25) is 0 Å². The van der Waals surface area contributed by atoms with E-state index < -0.39 is 0 Å². The highest BCUT2D eigenvalue weighted by molar-refractivity contribution is 7.99. The molecule has 0 aromatic heterocycles. The van der Waals surface area contributed by atoms with Crippen LogP contribution in [0.5, 0.6) is 5.75 Å². The average molecular weight is 432 g/mol. The van der Waals surface area contributed by atoms with Gasteiger partial charge in [-0.25, -0.2) is 0 Å². The molecule has 0 spiro atoms. The molecule has 31 heavy (non-hydrogen) atoms. The second-order valence-corrected chi connectivity index (χ2v) is 9.02. The zero-order chi connectivity index (χ0) is 21.5. The van der Waals surface area contributed by atoms with Crippen LogP contribution in [0.4, 0.5) is 0 Å². The van der Waals surface area contributed by atoms with Crippen LogP contribution in [-0.2, 0) is 13.0 Å². The molecular weight excluding hydrogens is 402 g/mol. The Labute approximate surface area is 189 Å². The number of aryl methyl sites for hydroxylation is 1. The Morgan fingerprint density at radius 1 is 0.968 bits per heavy atom. The fourth-order valence-corrected chi connectivity index (χ4v) is 5.13. The molecule has 3 aromatic rings. The van der Waals surface area contributed by atoms with Crippen LogP contribution in [0.25, 0.3) is 0 Å². The van der Waals surface area contributed by atoms with Gasteiger partial charge in [-0.1, -0.05) is 74.0 Å². The van der Waals surface area contributed by atoms with Gasteiger partial charge in [-0.2, -0.15) is 0 Å². The summed E-state index contributed by atoms with van der Waals surface area (Å²) < 4.78 is 6.17. The van der Waals surface area contributed by atoms with Crippen molar-refractivity contribution in [3.8, 4) is 5.75 Å². The van der Waals surface area contributed by atoms with Crippen molar-refractivity contribution >= 4 is 17.7 Å². The lowest BCUT2D eigenvalue weighted by Gasteiger charge is -2.26. The molecular formula is C27H29NO2S. The number of para-hydroxylation sites is 1. The van der Waals surface area contributed by atoms with Crippen molar-refractivity contribution in [1.82, 2.24) is 4.90 Å². The minimum absolute atomic E-state index is 0.0285. The van der Waals surface area contributed by atoms with Gasteiger partial charge >= 0.3 is 0 Å². The molecule has 0 N–H and O–H groups in total. The maximum atomic E-state index is 13.3. The van der Waals surface area contributed by atoms with Crippen molar-refractivity contribution in [1.29, 1.82) is 0 Å². The minimum atomic E-state index is -0.0285. The number of amides is 1. The minimum Gasteiger partial charge on any atom is -0.489 e. The number of unbranched alkanes of at least 4 members (excludes halogenated alkanes) is 1. The van der Waals surface area contributed by atoms with E-state index in [0.717, 1.165) is 41.2 Å². The average Bonchev–Trinajstić information content (AvgIpc) is 3.32. The molecule has 4 heteroatoms. The first kappa shape index (κ1) is 21.5. The third-order valence-corrected chi connectivity index (χ3v) is 6.84. The molecule has 3 nitrogen and oxygen atoms in total. The molecule has 0 bridgehead atoms. The molecule has 1 atom stereocenters. The van der Waals surface area contributed by atoms with Crippen molar-refractivity contribution in [2.24, 2.45) is 0 Å². The normalized spacial score (nSPS) is 15.8. The Kier molecular flexibility index (Phi) is 7.31. The number of ether oxygens (including phenoxy) is 1. The van der Waals surface area contributed by atoms with E-state index >= 15 is 0 Å². The molecule has 4 rings (SSSR count). The number of hydrogen-bond donors (Lipinski definition) is 0. The number of carbonyl (C=O) groups is 1. The van der Waals surface area contributed by atoms with E-state index in [4.69, 9.17) is 4.74 Å². The standard InChI is InChI=1S/C27H29NO2S/c1-2-3-9-21-14-16-23(17-15-21)26(29)28-18-19-31-27(28)24-12-7-8-13-25(24)30-20-22-10-5-4-6-11-22/h4-8,10-17,27H,2-3,9,18-20H2,1H3. The molecule has 1 amide bonds. The molecule has 1 aliphatic rings. The third kappa shape index (κ3) is 5.31. The van der Waals surface area contributed by atoms with E-state index in [0.29, 0.717) is 6.61 Å². The van der Waals surface area contributed by atoms with Crippen LogP contribution in [0.3, 0.4) is 0 Å². The van der Waals surface area contributed by atoms with Crippen molar-refractivity contribution in [2.45, 2.75) is 38.2 Å². The summed E-state index contributed by atoms with van der Waals surface area (Å²) in [6.45, 7) is 3.46. The topological polar surface area (TPSA) is 29.5 Å². The van der Waals surface area contributed by atoms with E-state index in [9.17, 15) is 4.79 Å². The Balaban J connectivity index is 1.50. The quantitative estimate of drug-likeness (QED) is 0.408. The van der Waals surface area contributed by atoms with E-state index in [1.54, 1.807) is 11.8 Å². The van der Waals surface area contributed by atoms with Gasteiger partial charge in [-0.15, -0.1) is 11.8 Å². The predicted octanol–water partition coefficient (Wildman–Crippen LogP) is 6.50. The molecule has 160 valence electrons. The van der Waals surface area contributed by atoms with Crippen molar-refractivity contribution < 1.29 is 9.53 Å². The van der Waals surface area contributed by atoms with Gasteiger partial charge < -0.3 is 9.64 Å². The van der Waals surface area contributed by atoms with Crippen molar-refractivity contribution in [2.75, 3.05) is 12.3 Å². The molecule has 1 unspecified atom stereocenters. The van der Waals surface area contributed by atoms with Crippen LogP contribution in [0.1, 0.15) is 52.2 Å². The maximum absolute atomic E-state index is 13.3. The number of benzene rings is 3. The lowest BCUT2D eigenvalue weighted by molar-refractivity contribution is 0.0759. The Morgan fingerprint density at radius 2 is 1.71 bits per heavy atom. The fraction of sp³-hybridized carbons (Fsp3) is 0.296. The third-order valence-electron chi connectivity index (χ3n) is 5.59. The summed E-state index contributed by atoms with van der Waals surface area (Å²) in [5.41, 5.74) is 4.25. The number of rotatable bonds is 8. The second kappa shape index (κ2) is 10.5. The zero-order valence-corrected chi connectivity index (χ0v) is 18.8. The molecule has 0 aliphatic carbocycles. The lowest BCUT2D eigenvalue weighted by atomic mass is 10.1. The van der Waals surface area contributed by atoms with Gasteiger partial charge in [0.05, 0.1) is 0 Å². The van der Waals surface area contributed by atoms with Gasteiger partial charge in [0.15, 0.2) is 0 Å². The summed E-state index contributed by atoms with van der Waals surface area (Å²) in [4.78, 5) is 15.3. The van der Waals surface area contributed by atoms with Gasteiger partial charge in [0, 0.05) is 23.4 Å². The van der Waals surface area contributed by atoms with Crippen LogP contribution in [-0.4, -0.2) is 23.1 Å². The van der Waals surface area contributed by atoms with E-state index in [1.807, 2.05) is 53.4 Å². The molecule has 0 saturated carbocycles. The lowest BCUT2D eigenvalue weighted by Crippen LogP contribution is -2.30. The van der Waals surface area contributed by atoms with Gasteiger partial charge in [0.2, 0.25) is 0 Å². The molecule has 1 saturated heterocycles. The van der Waals surface area contributed by atoms with E-state index in [1.165, 1.54) is 18.4 Å². The fourth-order valence-electron chi connectivity index (χ4n) is 3.85. The maximum Gasteiger partial charge on any atom is 0.255 e.